The zero-order chi connectivity index (χ0) is 31.9. The number of benzene rings is 2. The molecule has 0 unspecified atom stereocenters. The Kier molecular flexibility index (Phi) is 10.8. The molecule has 1 amide bonds. The van der Waals surface area contributed by atoms with Crippen LogP contribution in [0.2, 0.25) is 10.0 Å². The van der Waals surface area contributed by atoms with Crippen molar-refractivity contribution in [2.24, 2.45) is 0 Å². The van der Waals surface area contributed by atoms with Gasteiger partial charge in [0.1, 0.15) is 11.4 Å². The van der Waals surface area contributed by atoms with Crippen molar-refractivity contribution in [1.82, 2.24) is 30.6 Å². The Hall–Kier alpha value is -3.83. The lowest BCUT2D eigenvalue weighted by molar-refractivity contribution is -0.119. The highest BCUT2D eigenvalue weighted by atomic mass is 35.5. The number of ether oxygens (including phenoxy) is 2. The Morgan fingerprint density at radius 2 is 1.49 bits per heavy atom. The number of aliphatic hydroxyl groups excluding tert-OH is 1. The molecule has 2 aromatic heterocycles. The van der Waals surface area contributed by atoms with Gasteiger partial charge in [0.25, 0.3) is 0 Å². The van der Waals surface area contributed by atoms with Crippen LogP contribution in [0, 0.1) is 0 Å². The van der Waals surface area contributed by atoms with E-state index < -0.39 is 0 Å². The molecule has 10 nitrogen and oxygen atoms in total. The Labute approximate surface area is 272 Å². The molecule has 2 atom stereocenters. The van der Waals surface area contributed by atoms with Crippen LogP contribution >= 0.6 is 23.2 Å². The summed E-state index contributed by atoms with van der Waals surface area (Å²) in [6.45, 7) is 2.28. The van der Waals surface area contributed by atoms with Gasteiger partial charge in [0.2, 0.25) is 17.7 Å². The number of aryl methyl sites for hydroxylation is 1. The van der Waals surface area contributed by atoms with Gasteiger partial charge in [-0.1, -0.05) is 59.6 Å². The van der Waals surface area contributed by atoms with E-state index in [9.17, 15) is 9.90 Å². The van der Waals surface area contributed by atoms with Crippen LogP contribution in [0.4, 0.5) is 0 Å². The highest BCUT2D eigenvalue weighted by molar-refractivity contribution is 6.39. The first-order chi connectivity index (χ1) is 21.8. The summed E-state index contributed by atoms with van der Waals surface area (Å²) in [4.78, 5) is 30.1. The molecule has 1 aliphatic heterocycles. The summed E-state index contributed by atoms with van der Waals surface area (Å²) in [6.07, 6.45) is 7.26. The van der Waals surface area contributed by atoms with Crippen LogP contribution in [0.3, 0.4) is 0 Å². The van der Waals surface area contributed by atoms with Crippen LogP contribution in [0.1, 0.15) is 44.0 Å². The molecule has 0 aliphatic carbocycles. The highest BCUT2D eigenvalue weighted by Gasteiger charge is 2.22. The Bertz CT molecular complexity index is 1670. The lowest BCUT2D eigenvalue weighted by Crippen LogP contribution is -2.29. The van der Waals surface area contributed by atoms with Crippen LogP contribution in [0.5, 0.6) is 11.8 Å². The van der Waals surface area contributed by atoms with E-state index in [2.05, 4.69) is 25.6 Å². The fourth-order valence-corrected chi connectivity index (χ4v) is 5.94. The van der Waals surface area contributed by atoms with Crippen molar-refractivity contribution in [2.75, 3.05) is 20.8 Å². The molecule has 0 radical (unpaired) electrons. The second-order valence-corrected chi connectivity index (χ2v) is 11.7. The van der Waals surface area contributed by atoms with Gasteiger partial charge in [-0.3, -0.25) is 14.8 Å². The molecule has 3 heterocycles. The molecule has 0 spiro atoms. The van der Waals surface area contributed by atoms with E-state index in [0.717, 1.165) is 36.1 Å². The summed E-state index contributed by atoms with van der Waals surface area (Å²) in [5, 5.41) is 16.4. The zero-order valence-electron chi connectivity index (χ0n) is 25.4. The van der Waals surface area contributed by atoms with Gasteiger partial charge in [-0.2, -0.15) is 0 Å². The van der Waals surface area contributed by atoms with E-state index in [1.165, 1.54) is 7.11 Å². The highest BCUT2D eigenvalue weighted by Crippen LogP contribution is 2.42. The number of amides is 1. The second kappa shape index (κ2) is 15.0. The van der Waals surface area contributed by atoms with Crippen LogP contribution in [-0.2, 0) is 17.8 Å². The number of aliphatic hydroxyl groups is 1. The molecular weight excluding hydrogens is 615 g/mol. The summed E-state index contributed by atoms with van der Waals surface area (Å²) in [5.41, 5.74) is 5.32. The molecule has 4 aromatic rings. The predicted octanol–water partition coefficient (Wildman–Crippen LogP) is 5.66. The number of methoxy groups -OCH3 is 2. The van der Waals surface area contributed by atoms with Gasteiger partial charge in [0, 0.05) is 47.3 Å². The molecular formula is C33H36Cl2N6O4. The molecule has 1 fully saturated rings. The van der Waals surface area contributed by atoms with Crippen molar-refractivity contribution in [3.63, 3.8) is 0 Å². The molecule has 0 saturated carbocycles. The Balaban J connectivity index is 1.40. The third-order valence-electron chi connectivity index (χ3n) is 7.79. The van der Waals surface area contributed by atoms with E-state index in [1.54, 1.807) is 19.5 Å². The minimum Gasteiger partial charge on any atom is -0.480 e. The molecule has 1 aliphatic rings. The smallest absolute Gasteiger partial charge is 0.237 e. The third-order valence-corrected chi connectivity index (χ3v) is 8.61. The topological polar surface area (TPSA) is 131 Å². The maximum absolute atomic E-state index is 11.5. The van der Waals surface area contributed by atoms with Gasteiger partial charge in [-0.05, 0) is 32.6 Å². The number of hydrogen-bond donors (Lipinski definition) is 3. The van der Waals surface area contributed by atoms with Crippen molar-refractivity contribution >= 4 is 29.1 Å². The lowest BCUT2D eigenvalue weighted by atomic mass is 9.98. The molecule has 5 rings (SSSR count). The van der Waals surface area contributed by atoms with Gasteiger partial charge in [0.15, 0.2) is 0 Å². The van der Waals surface area contributed by atoms with Crippen molar-refractivity contribution < 1.29 is 19.4 Å². The molecule has 45 heavy (non-hydrogen) atoms. The second-order valence-electron chi connectivity index (χ2n) is 10.9. The summed E-state index contributed by atoms with van der Waals surface area (Å²) >= 11 is 14.0. The minimum atomic E-state index is -0.0918. The maximum Gasteiger partial charge on any atom is 0.237 e. The SMILES string of the molecule is COc1nc(-c2cccc(-c3cccc(-c4cnc(CN[C@@H](C)CO)c(OC)n4)c3Cl)c2Cl)cnc1CCC[C@@H]1CCC(=O)N1. The van der Waals surface area contributed by atoms with Crippen LogP contribution < -0.4 is 20.1 Å². The Morgan fingerprint density at radius 3 is 2.02 bits per heavy atom. The van der Waals surface area contributed by atoms with Gasteiger partial charge < -0.3 is 25.2 Å². The van der Waals surface area contributed by atoms with Crippen LogP contribution in [0.25, 0.3) is 33.6 Å². The number of halogens is 2. The lowest BCUT2D eigenvalue weighted by Gasteiger charge is -2.15. The first-order valence-corrected chi connectivity index (χ1v) is 15.6. The van der Waals surface area contributed by atoms with Gasteiger partial charge >= 0.3 is 0 Å². The predicted molar refractivity (Wildman–Crippen MR) is 175 cm³/mol. The average molecular weight is 652 g/mol. The number of nitrogens with one attached hydrogen (secondary N) is 2. The summed E-state index contributed by atoms with van der Waals surface area (Å²) in [7, 11) is 3.12. The third kappa shape index (κ3) is 7.53. The molecule has 0 bridgehead atoms. The van der Waals surface area contributed by atoms with Gasteiger partial charge in [-0.15, -0.1) is 0 Å². The molecule has 12 heteroatoms. The quantitative estimate of drug-likeness (QED) is 0.168. The van der Waals surface area contributed by atoms with E-state index in [-0.39, 0.29) is 24.6 Å². The van der Waals surface area contributed by atoms with Crippen LogP contribution in [0.15, 0.2) is 48.8 Å². The van der Waals surface area contributed by atoms with Gasteiger partial charge in [-0.25, -0.2) is 9.97 Å². The monoisotopic (exact) mass is 650 g/mol. The van der Waals surface area contributed by atoms with Crippen LogP contribution in [-0.4, -0.2) is 63.9 Å². The van der Waals surface area contributed by atoms with Crippen molar-refractivity contribution in [1.29, 1.82) is 0 Å². The molecule has 3 N–H and O–H groups in total. The summed E-state index contributed by atoms with van der Waals surface area (Å²) in [6, 6.07) is 11.5. The van der Waals surface area contributed by atoms with Gasteiger partial charge in [0.05, 0.1) is 54.7 Å². The molecule has 236 valence electrons. The maximum atomic E-state index is 11.5. The number of hydrogen-bond acceptors (Lipinski definition) is 9. The minimum absolute atomic E-state index is 0.00863. The van der Waals surface area contributed by atoms with E-state index in [4.69, 9.17) is 37.7 Å². The number of aromatic nitrogens is 4. The van der Waals surface area contributed by atoms with Crippen molar-refractivity contribution in [3.8, 4) is 45.4 Å². The standard InChI is InChI=1S/C33H36Cl2N6O4/c1-19(18-42)36-17-28-33(45-3)41-27(16-38-28)24-11-6-9-22(31(24)35)21-8-5-10-23(30(21)34)26-15-37-25(32(40-26)44-2)12-4-7-20-13-14-29(43)39-20/h5-6,8-11,15-16,19-20,36,42H,4,7,12-14,17-18H2,1-3H3,(H,39,43)/t19-,20+/m0/s1. The normalized spacial score (nSPS) is 15.2. The first-order valence-electron chi connectivity index (χ1n) is 14.8. The Morgan fingerprint density at radius 1 is 0.933 bits per heavy atom. The number of carbonyl (C=O) groups excluding carboxylic acids is 1. The fraction of sp³-hybridized carbons (Fsp3) is 0.364. The summed E-state index contributed by atoms with van der Waals surface area (Å²) < 4.78 is 11.1. The fourth-order valence-electron chi connectivity index (χ4n) is 5.29. The van der Waals surface area contributed by atoms with Crippen molar-refractivity contribution in [2.45, 2.75) is 57.7 Å². The van der Waals surface area contributed by atoms with E-state index in [1.807, 2.05) is 43.3 Å². The first kappa shape index (κ1) is 32.6. The number of nitrogens with zero attached hydrogens (tertiary/aromatic N) is 4. The van der Waals surface area contributed by atoms with Crippen molar-refractivity contribution in [3.05, 3.63) is 70.2 Å². The zero-order valence-corrected chi connectivity index (χ0v) is 27.0. The largest absolute Gasteiger partial charge is 0.480 e. The summed E-state index contributed by atoms with van der Waals surface area (Å²) in [5.74, 6) is 0.935. The molecule has 2 aromatic carbocycles. The average Bonchev–Trinajstić information content (AvgIpc) is 3.48. The van der Waals surface area contributed by atoms with E-state index >= 15 is 0 Å². The number of carbonyl (C=O) groups is 1. The van der Waals surface area contributed by atoms with E-state index in [0.29, 0.717) is 69.4 Å². The molecule has 1 saturated heterocycles. The number of rotatable bonds is 13.